The quantitative estimate of drug-likeness (QED) is 0.590. The first-order valence-electron chi connectivity index (χ1n) is 11.7. The van der Waals surface area contributed by atoms with Crippen LogP contribution in [0.5, 0.6) is 0 Å². The van der Waals surface area contributed by atoms with Gasteiger partial charge in [-0.2, -0.15) is 31.4 Å². The second kappa shape index (κ2) is 8.96. The van der Waals surface area contributed by atoms with Crippen molar-refractivity contribution >= 4 is 11.9 Å². The number of carbonyl (C=O) groups is 1. The molecule has 1 aliphatic carbocycles. The number of amides is 1. The Balaban J connectivity index is 1.12. The van der Waals surface area contributed by atoms with E-state index >= 15 is 0 Å². The van der Waals surface area contributed by atoms with Crippen LogP contribution in [0, 0.1) is 0 Å². The van der Waals surface area contributed by atoms with E-state index < -0.39 is 34.5 Å². The van der Waals surface area contributed by atoms with Gasteiger partial charge in [0.2, 0.25) is 11.9 Å². The summed E-state index contributed by atoms with van der Waals surface area (Å²) >= 11 is 0. The summed E-state index contributed by atoms with van der Waals surface area (Å²) in [4.78, 5) is 37.4. The maximum absolute atomic E-state index is 13.1. The van der Waals surface area contributed by atoms with E-state index in [1.54, 1.807) is 9.80 Å². The number of carbonyl (C=O) groups excluding carboxylic acids is 1. The van der Waals surface area contributed by atoms with Gasteiger partial charge in [0.15, 0.2) is 0 Å². The molecular formula is C22H23F6N7O2. The number of anilines is 1. The van der Waals surface area contributed by atoms with E-state index in [-0.39, 0.29) is 30.0 Å². The van der Waals surface area contributed by atoms with Crippen molar-refractivity contribution in [2.75, 3.05) is 44.2 Å². The number of aromatic amines is 1. The average Bonchev–Trinajstić information content (AvgIpc) is 3.38. The molecule has 1 saturated carbocycles. The van der Waals surface area contributed by atoms with Crippen LogP contribution < -0.4 is 10.5 Å². The average molecular weight is 531 g/mol. The third-order valence-corrected chi connectivity index (χ3v) is 7.42. The first-order chi connectivity index (χ1) is 17.4. The molecule has 2 aromatic rings. The van der Waals surface area contributed by atoms with Crippen molar-refractivity contribution in [1.82, 2.24) is 30.0 Å². The van der Waals surface area contributed by atoms with E-state index in [4.69, 9.17) is 0 Å². The molecule has 3 saturated heterocycles. The summed E-state index contributed by atoms with van der Waals surface area (Å²) in [6.07, 6.45) is -6.34. The van der Waals surface area contributed by atoms with Crippen LogP contribution in [0.25, 0.3) is 0 Å². The second-order valence-electron chi connectivity index (χ2n) is 9.69. The maximum atomic E-state index is 13.1. The van der Waals surface area contributed by atoms with E-state index in [0.717, 1.165) is 18.5 Å². The van der Waals surface area contributed by atoms with Gasteiger partial charge in [-0.25, -0.2) is 15.1 Å². The summed E-state index contributed by atoms with van der Waals surface area (Å²) in [7, 11) is 0. The lowest BCUT2D eigenvalue weighted by atomic mass is 9.68. The minimum Gasteiger partial charge on any atom is -0.339 e. The lowest BCUT2D eigenvalue weighted by Gasteiger charge is -2.37. The number of H-pyrrole nitrogens is 1. The van der Waals surface area contributed by atoms with Crippen molar-refractivity contribution in [3.8, 4) is 0 Å². The van der Waals surface area contributed by atoms with Crippen molar-refractivity contribution in [1.29, 1.82) is 0 Å². The molecule has 2 bridgehead atoms. The van der Waals surface area contributed by atoms with Gasteiger partial charge >= 0.3 is 12.4 Å². The largest absolute Gasteiger partial charge is 0.421 e. The number of aromatic nitrogens is 4. The minimum atomic E-state index is -4.77. The van der Waals surface area contributed by atoms with Gasteiger partial charge in [-0.15, -0.1) is 0 Å². The van der Waals surface area contributed by atoms with Crippen molar-refractivity contribution in [3.63, 3.8) is 0 Å². The third-order valence-electron chi connectivity index (χ3n) is 7.42. The number of alkyl halides is 6. The van der Waals surface area contributed by atoms with E-state index in [0.29, 0.717) is 52.1 Å². The molecule has 0 spiro atoms. The molecule has 4 fully saturated rings. The van der Waals surface area contributed by atoms with Crippen molar-refractivity contribution < 1.29 is 31.1 Å². The number of nitrogens with one attached hydrogen (secondary N) is 1. The number of hydrogen-bond acceptors (Lipinski definition) is 7. The molecule has 0 radical (unpaired) electrons. The van der Waals surface area contributed by atoms with Crippen LogP contribution in [0.3, 0.4) is 0 Å². The minimum absolute atomic E-state index is 0.0762. The zero-order valence-electron chi connectivity index (χ0n) is 19.4. The highest BCUT2D eigenvalue weighted by Crippen LogP contribution is 2.52. The Labute approximate surface area is 206 Å². The van der Waals surface area contributed by atoms with E-state index in [1.165, 1.54) is 0 Å². The summed E-state index contributed by atoms with van der Waals surface area (Å²) in [6, 6.07) is 0.980. The Bertz CT molecular complexity index is 1220. The molecular weight excluding hydrogens is 508 g/mol. The number of nitrogens with zero attached hydrogens (tertiary/aromatic N) is 6. The lowest BCUT2D eigenvalue weighted by molar-refractivity contribution is -0.139. The monoisotopic (exact) mass is 531 g/mol. The molecule has 200 valence electrons. The predicted octanol–water partition coefficient (Wildman–Crippen LogP) is 2.05. The van der Waals surface area contributed by atoms with Gasteiger partial charge < -0.3 is 9.80 Å². The zero-order chi connectivity index (χ0) is 26.6. The Morgan fingerprint density at radius 2 is 1.68 bits per heavy atom. The third kappa shape index (κ3) is 4.88. The van der Waals surface area contributed by atoms with Crippen LogP contribution in [-0.4, -0.2) is 81.2 Å². The Morgan fingerprint density at radius 3 is 2.27 bits per heavy atom. The summed E-state index contributed by atoms with van der Waals surface area (Å²) in [5.41, 5.74) is -3.81. The predicted molar refractivity (Wildman–Crippen MR) is 117 cm³/mol. The first kappa shape index (κ1) is 25.4. The molecule has 4 aliphatic rings. The van der Waals surface area contributed by atoms with Crippen molar-refractivity contribution in [3.05, 3.63) is 45.6 Å². The van der Waals surface area contributed by atoms with Crippen LogP contribution >= 0.6 is 0 Å². The normalized spacial score (nSPS) is 24.3. The Hall–Kier alpha value is -3.23. The van der Waals surface area contributed by atoms with Crippen LogP contribution in [0.1, 0.15) is 36.1 Å². The van der Waals surface area contributed by atoms with Crippen LogP contribution in [0.15, 0.2) is 23.3 Å². The number of hydrogen-bond donors (Lipinski definition) is 1. The van der Waals surface area contributed by atoms with Gasteiger partial charge in [-0.1, -0.05) is 0 Å². The van der Waals surface area contributed by atoms with Gasteiger partial charge in [0.1, 0.15) is 5.56 Å². The molecule has 0 unspecified atom stereocenters. The Morgan fingerprint density at radius 1 is 1.03 bits per heavy atom. The zero-order valence-corrected chi connectivity index (χ0v) is 19.4. The first-order valence-corrected chi connectivity index (χ1v) is 11.7. The molecule has 1 N–H and O–H groups in total. The van der Waals surface area contributed by atoms with Gasteiger partial charge in [0, 0.05) is 69.5 Å². The lowest BCUT2D eigenvalue weighted by Crippen LogP contribution is -2.49. The molecule has 0 atom stereocenters. The summed E-state index contributed by atoms with van der Waals surface area (Å²) in [6.45, 7) is 2.41. The van der Waals surface area contributed by atoms with E-state index in [9.17, 15) is 35.9 Å². The molecule has 15 heteroatoms. The van der Waals surface area contributed by atoms with Crippen LogP contribution in [0.2, 0.25) is 0 Å². The molecule has 37 heavy (non-hydrogen) atoms. The van der Waals surface area contributed by atoms with Crippen molar-refractivity contribution in [2.45, 2.75) is 43.1 Å². The molecule has 5 heterocycles. The second-order valence-corrected chi connectivity index (χ2v) is 9.69. The number of halogens is 6. The summed E-state index contributed by atoms with van der Waals surface area (Å²) < 4.78 is 77.5. The fourth-order valence-corrected chi connectivity index (χ4v) is 5.37. The topological polar surface area (TPSA) is 98.3 Å². The summed E-state index contributed by atoms with van der Waals surface area (Å²) in [5.74, 6) is 0.0967. The highest BCUT2D eigenvalue weighted by molar-refractivity contribution is 5.76. The van der Waals surface area contributed by atoms with E-state index in [2.05, 4.69) is 20.0 Å². The highest BCUT2D eigenvalue weighted by atomic mass is 19.4. The van der Waals surface area contributed by atoms with Crippen LogP contribution in [-0.2, 0) is 22.6 Å². The molecule has 3 aliphatic heterocycles. The summed E-state index contributed by atoms with van der Waals surface area (Å²) in [5, 5.41) is 5.85. The molecule has 2 aromatic heterocycles. The maximum Gasteiger partial charge on any atom is 0.421 e. The van der Waals surface area contributed by atoms with Crippen LogP contribution in [0.4, 0.5) is 32.3 Å². The van der Waals surface area contributed by atoms with E-state index in [1.807, 2.05) is 5.10 Å². The standard InChI is InChI=1S/C22H23F6N7O2/c23-21(24,25)13-10-29-19(30-11-13)34-5-3-33(4-6-34)17(36)1-2-35-12-20(8-14(35)9-20)16-7-15(22(26,27)28)18(37)32-31-16/h7,10-11,14H,1-6,8-9,12H2,(H,32,37). The molecule has 9 nitrogen and oxygen atoms in total. The Kier molecular flexibility index (Phi) is 6.15. The van der Waals surface area contributed by atoms with Gasteiger partial charge in [-0.05, 0) is 18.9 Å². The smallest absolute Gasteiger partial charge is 0.339 e. The SMILES string of the molecule is O=C(CCN1CC2(c3cc(C(F)(F)F)c(=O)[nH]n3)CC1C2)N1CCN(c2ncc(C(F)(F)F)cn2)CC1. The molecule has 6 rings (SSSR count). The molecule has 1 amide bonds. The fourth-order valence-electron chi connectivity index (χ4n) is 5.37. The fraction of sp³-hybridized carbons (Fsp3) is 0.591. The van der Waals surface area contributed by atoms with Gasteiger partial charge in [0.25, 0.3) is 5.56 Å². The van der Waals surface area contributed by atoms with Gasteiger partial charge in [0.05, 0.1) is 11.3 Å². The number of rotatable bonds is 5. The number of piperazine rings is 1. The van der Waals surface area contributed by atoms with Crippen molar-refractivity contribution in [2.24, 2.45) is 0 Å². The number of fused-ring (bicyclic) bond motifs is 1. The van der Waals surface area contributed by atoms with Gasteiger partial charge in [-0.3, -0.25) is 14.5 Å². The molecule has 0 aromatic carbocycles. The highest BCUT2D eigenvalue weighted by Gasteiger charge is 2.57.